The van der Waals surface area contributed by atoms with E-state index in [1.54, 1.807) is 0 Å². The second kappa shape index (κ2) is 7.13. The second-order valence-electron chi connectivity index (χ2n) is 9.96. The molecule has 4 aromatic carbocycles. The Labute approximate surface area is 204 Å². The highest BCUT2D eigenvalue weighted by Crippen LogP contribution is 2.50. The molecule has 2 heterocycles. The smallest absolute Gasteiger partial charge is 0.141 e. The van der Waals surface area contributed by atoms with Gasteiger partial charge in [0.2, 0.25) is 0 Å². The maximum atomic E-state index is 4.92. The monoisotopic (exact) mass is 451 g/mol. The molecule has 0 spiro atoms. The first kappa shape index (κ1) is 20.2. The number of aryl methyl sites for hydroxylation is 1. The molecule has 0 fully saturated rings. The summed E-state index contributed by atoms with van der Waals surface area (Å²) >= 11 is 0. The summed E-state index contributed by atoms with van der Waals surface area (Å²) in [5.41, 5.74) is 9.76. The lowest BCUT2D eigenvalue weighted by Crippen LogP contribution is -2.15. The molecule has 35 heavy (non-hydrogen) atoms. The number of fused-ring (bicyclic) bond motifs is 6. The Balaban J connectivity index is 1.57. The summed E-state index contributed by atoms with van der Waals surface area (Å²) in [5, 5.41) is 2.49. The molecule has 0 amide bonds. The average Bonchev–Trinajstić information content (AvgIpc) is 3.32. The lowest BCUT2D eigenvalue weighted by Gasteiger charge is -2.21. The van der Waals surface area contributed by atoms with E-state index < -0.39 is 0 Å². The topological polar surface area (TPSA) is 30.7 Å². The fourth-order valence-electron chi connectivity index (χ4n) is 5.83. The number of nitrogens with zero attached hydrogens (tertiary/aromatic N) is 3. The normalized spacial score (nSPS) is 13.8. The van der Waals surface area contributed by atoms with E-state index in [1.807, 2.05) is 13.0 Å². The number of para-hydroxylation sites is 1. The van der Waals surface area contributed by atoms with Crippen molar-refractivity contribution in [1.29, 1.82) is 0 Å². The van der Waals surface area contributed by atoms with Crippen molar-refractivity contribution in [3.63, 3.8) is 0 Å². The maximum Gasteiger partial charge on any atom is 0.141 e. The molecule has 0 radical (unpaired) electrons. The Morgan fingerprint density at radius 3 is 2.23 bits per heavy atom. The van der Waals surface area contributed by atoms with E-state index in [2.05, 4.69) is 109 Å². The Morgan fingerprint density at radius 1 is 0.629 bits per heavy atom. The second-order valence-corrected chi connectivity index (χ2v) is 9.96. The molecule has 0 saturated carbocycles. The van der Waals surface area contributed by atoms with Gasteiger partial charge >= 0.3 is 0 Å². The Bertz CT molecular complexity index is 1770. The van der Waals surface area contributed by atoms with Crippen LogP contribution in [0.15, 0.2) is 97.1 Å². The molecule has 3 heteroatoms. The molecule has 2 aromatic heterocycles. The van der Waals surface area contributed by atoms with Gasteiger partial charge in [0.25, 0.3) is 0 Å². The zero-order valence-electron chi connectivity index (χ0n) is 20.1. The molecular weight excluding hydrogens is 426 g/mol. The lowest BCUT2D eigenvalue weighted by atomic mass is 9.82. The number of hydrogen-bond acceptors (Lipinski definition) is 2. The SMILES string of the molecule is Cc1nc(-c2ccccc2)cc(-n2c3ccccc3c3cc4c(cc32)C(C)(C)c2ccccc2-4)n1. The standard InChI is InChI=1S/C32H25N3/c1-20-33-28(21-11-5-4-6-12-21)19-31(34-20)35-29-16-10-8-14-23(29)25-17-24-22-13-7-9-15-26(22)32(2,3)27(24)18-30(25)35/h4-19H,1-3H3. The molecule has 7 rings (SSSR count). The van der Waals surface area contributed by atoms with Crippen molar-refractivity contribution < 1.29 is 0 Å². The first-order chi connectivity index (χ1) is 17.0. The molecule has 6 aromatic rings. The van der Waals surface area contributed by atoms with Crippen LogP contribution in [0.2, 0.25) is 0 Å². The van der Waals surface area contributed by atoms with Crippen LogP contribution < -0.4 is 0 Å². The van der Waals surface area contributed by atoms with E-state index in [-0.39, 0.29) is 5.41 Å². The van der Waals surface area contributed by atoms with Gasteiger partial charge in [0.1, 0.15) is 11.6 Å². The average molecular weight is 452 g/mol. The van der Waals surface area contributed by atoms with E-state index in [9.17, 15) is 0 Å². The largest absolute Gasteiger partial charge is 0.294 e. The van der Waals surface area contributed by atoms with Gasteiger partial charge < -0.3 is 0 Å². The van der Waals surface area contributed by atoms with Gasteiger partial charge in [-0.3, -0.25) is 4.57 Å². The predicted molar refractivity (Wildman–Crippen MR) is 144 cm³/mol. The first-order valence-corrected chi connectivity index (χ1v) is 12.1. The zero-order chi connectivity index (χ0) is 23.7. The van der Waals surface area contributed by atoms with Crippen molar-refractivity contribution in [2.45, 2.75) is 26.2 Å². The minimum absolute atomic E-state index is 0.0574. The highest BCUT2D eigenvalue weighted by atomic mass is 15.1. The van der Waals surface area contributed by atoms with Crippen molar-refractivity contribution in [2.24, 2.45) is 0 Å². The molecule has 1 aliphatic rings. The minimum atomic E-state index is -0.0574. The van der Waals surface area contributed by atoms with Crippen molar-refractivity contribution in [1.82, 2.24) is 14.5 Å². The summed E-state index contributed by atoms with van der Waals surface area (Å²) < 4.78 is 2.31. The highest BCUT2D eigenvalue weighted by Gasteiger charge is 2.36. The molecule has 0 bridgehead atoms. The van der Waals surface area contributed by atoms with Gasteiger partial charge in [-0.15, -0.1) is 0 Å². The number of rotatable bonds is 2. The molecule has 168 valence electrons. The highest BCUT2D eigenvalue weighted by molar-refractivity contribution is 6.11. The summed E-state index contributed by atoms with van der Waals surface area (Å²) in [7, 11) is 0. The third-order valence-electron chi connectivity index (χ3n) is 7.50. The van der Waals surface area contributed by atoms with Gasteiger partial charge in [-0.2, -0.15) is 0 Å². The lowest BCUT2D eigenvalue weighted by molar-refractivity contribution is 0.661. The molecule has 1 aliphatic carbocycles. The summed E-state index contributed by atoms with van der Waals surface area (Å²) in [4.78, 5) is 9.68. The third kappa shape index (κ3) is 2.85. The van der Waals surface area contributed by atoms with Crippen molar-refractivity contribution in [3.05, 3.63) is 114 Å². The molecule has 0 unspecified atom stereocenters. The van der Waals surface area contributed by atoms with Gasteiger partial charge in [0, 0.05) is 27.8 Å². The summed E-state index contributed by atoms with van der Waals surface area (Å²) in [6.45, 7) is 6.64. The predicted octanol–water partition coefficient (Wildman–Crippen LogP) is 7.86. The van der Waals surface area contributed by atoms with Gasteiger partial charge in [-0.25, -0.2) is 9.97 Å². The first-order valence-electron chi connectivity index (χ1n) is 12.1. The Kier molecular flexibility index (Phi) is 4.11. The van der Waals surface area contributed by atoms with Crippen LogP contribution in [0.1, 0.15) is 30.8 Å². The number of hydrogen-bond donors (Lipinski definition) is 0. The van der Waals surface area contributed by atoms with Crippen LogP contribution >= 0.6 is 0 Å². The number of benzene rings is 4. The van der Waals surface area contributed by atoms with E-state index in [4.69, 9.17) is 9.97 Å². The van der Waals surface area contributed by atoms with Crippen LogP contribution in [-0.4, -0.2) is 14.5 Å². The summed E-state index contributed by atoms with van der Waals surface area (Å²) in [5.74, 6) is 1.66. The Hall–Kier alpha value is -4.24. The quantitative estimate of drug-likeness (QED) is 0.268. The zero-order valence-corrected chi connectivity index (χ0v) is 20.1. The fourth-order valence-corrected chi connectivity index (χ4v) is 5.83. The van der Waals surface area contributed by atoms with Crippen LogP contribution in [-0.2, 0) is 5.41 Å². The fraction of sp³-hybridized carbons (Fsp3) is 0.125. The van der Waals surface area contributed by atoms with Crippen LogP contribution in [0.5, 0.6) is 0 Å². The minimum Gasteiger partial charge on any atom is -0.294 e. The molecule has 0 atom stereocenters. The van der Waals surface area contributed by atoms with Gasteiger partial charge in [0.05, 0.1) is 16.7 Å². The van der Waals surface area contributed by atoms with Gasteiger partial charge in [-0.05, 0) is 47.4 Å². The van der Waals surface area contributed by atoms with Crippen LogP contribution in [0.4, 0.5) is 0 Å². The van der Waals surface area contributed by atoms with Crippen LogP contribution in [0.3, 0.4) is 0 Å². The van der Waals surface area contributed by atoms with Crippen molar-refractivity contribution in [2.75, 3.05) is 0 Å². The summed E-state index contributed by atoms with van der Waals surface area (Å²) in [6, 6.07) is 34.7. The molecule has 0 saturated heterocycles. The van der Waals surface area contributed by atoms with Crippen LogP contribution in [0.25, 0.3) is 50.0 Å². The van der Waals surface area contributed by atoms with Gasteiger partial charge in [0.15, 0.2) is 0 Å². The maximum absolute atomic E-state index is 4.92. The van der Waals surface area contributed by atoms with Crippen LogP contribution in [0, 0.1) is 6.92 Å². The third-order valence-corrected chi connectivity index (χ3v) is 7.50. The molecule has 0 N–H and O–H groups in total. The van der Waals surface area contributed by atoms with Gasteiger partial charge in [-0.1, -0.05) is 86.6 Å². The number of aromatic nitrogens is 3. The van der Waals surface area contributed by atoms with Crippen molar-refractivity contribution >= 4 is 21.8 Å². The van der Waals surface area contributed by atoms with E-state index in [0.717, 1.165) is 28.4 Å². The van der Waals surface area contributed by atoms with E-state index >= 15 is 0 Å². The van der Waals surface area contributed by atoms with E-state index in [0.29, 0.717) is 0 Å². The molecule has 0 aliphatic heterocycles. The summed E-state index contributed by atoms with van der Waals surface area (Å²) in [6.07, 6.45) is 0. The van der Waals surface area contributed by atoms with Crippen molar-refractivity contribution in [3.8, 4) is 28.2 Å². The van der Waals surface area contributed by atoms with E-state index in [1.165, 1.54) is 38.5 Å². The molecular formula is C32H25N3. The Morgan fingerprint density at radius 2 is 1.37 bits per heavy atom. The molecule has 3 nitrogen and oxygen atoms in total.